The summed E-state index contributed by atoms with van der Waals surface area (Å²) in [6, 6.07) is 35.3. The molecule has 1 aliphatic carbocycles. The Labute approximate surface area is 241 Å². The minimum Gasteiger partial charge on any atom is -0.405 e. The number of aromatic nitrogens is 1. The molecule has 0 atom stereocenters. The second-order valence-corrected chi connectivity index (χ2v) is 11.0. The normalized spacial score (nSPS) is 14.7. The van der Waals surface area contributed by atoms with E-state index >= 15 is 0 Å². The minimum absolute atomic E-state index is 0.807. The molecule has 3 nitrogen and oxygen atoms in total. The average Bonchev–Trinajstić information content (AvgIpc) is 3.59. The van der Waals surface area contributed by atoms with E-state index in [0.717, 1.165) is 31.4 Å². The number of fused-ring (bicyclic) bond motifs is 5. The molecule has 0 saturated heterocycles. The molecule has 4 aromatic carbocycles. The van der Waals surface area contributed by atoms with Gasteiger partial charge in [-0.1, -0.05) is 84.9 Å². The fourth-order valence-electron chi connectivity index (χ4n) is 6.35. The van der Waals surface area contributed by atoms with Crippen LogP contribution in [0.15, 0.2) is 132 Å². The first kappa shape index (κ1) is 25.1. The Balaban J connectivity index is 1.41. The molecule has 0 spiro atoms. The van der Waals surface area contributed by atoms with E-state index in [9.17, 15) is 0 Å². The number of hydrogen-bond acceptors (Lipinski definition) is 2. The van der Waals surface area contributed by atoms with E-state index in [1.54, 1.807) is 6.20 Å². The molecule has 0 bridgehead atoms. The Morgan fingerprint density at radius 1 is 0.878 bits per heavy atom. The van der Waals surface area contributed by atoms with Gasteiger partial charge >= 0.3 is 0 Å². The van der Waals surface area contributed by atoms with Crippen molar-refractivity contribution in [1.82, 2.24) is 4.57 Å². The van der Waals surface area contributed by atoms with E-state index in [2.05, 4.69) is 120 Å². The molecule has 41 heavy (non-hydrogen) atoms. The molecular weight excluding hydrogens is 498 g/mol. The lowest BCUT2D eigenvalue weighted by atomic mass is 9.86. The summed E-state index contributed by atoms with van der Waals surface area (Å²) in [5.41, 5.74) is 21.3. The predicted octanol–water partition coefficient (Wildman–Crippen LogP) is 8.71. The molecule has 3 heteroatoms. The molecule has 2 N–H and O–H groups in total. The summed E-state index contributed by atoms with van der Waals surface area (Å²) in [5, 5.41) is 1.32. The SMILES string of the molecule is CC1=C(C/C=C(\C=C/N)c2ccc3c4c(n(-c5ccccc5)c3c2)-c2ccc(-c3ccccc3)cc2CC4)C=NC1. The first-order valence-electron chi connectivity index (χ1n) is 14.4. The summed E-state index contributed by atoms with van der Waals surface area (Å²) in [6.07, 6.45) is 10.8. The Kier molecular flexibility index (Phi) is 6.48. The van der Waals surface area contributed by atoms with Crippen molar-refractivity contribution in [2.24, 2.45) is 10.7 Å². The van der Waals surface area contributed by atoms with E-state index in [1.165, 1.54) is 66.8 Å². The highest BCUT2D eigenvalue weighted by atomic mass is 15.0. The van der Waals surface area contributed by atoms with Crippen molar-refractivity contribution >= 4 is 22.7 Å². The van der Waals surface area contributed by atoms with Crippen LogP contribution in [-0.2, 0) is 12.8 Å². The molecule has 2 heterocycles. The fraction of sp³-hybridized carbons (Fsp3) is 0.132. The van der Waals surface area contributed by atoms with Gasteiger partial charge < -0.3 is 10.3 Å². The van der Waals surface area contributed by atoms with E-state index in [-0.39, 0.29) is 0 Å². The third kappa shape index (κ3) is 4.54. The second kappa shape index (κ2) is 10.6. The Morgan fingerprint density at radius 2 is 1.68 bits per heavy atom. The van der Waals surface area contributed by atoms with Crippen LogP contribution in [-0.4, -0.2) is 17.3 Å². The zero-order valence-corrected chi connectivity index (χ0v) is 23.3. The van der Waals surface area contributed by atoms with Gasteiger partial charge in [0.15, 0.2) is 0 Å². The number of allylic oxidation sites excluding steroid dienone is 4. The Morgan fingerprint density at radius 3 is 2.44 bits per heavy atom. The van der Waals surface area contributed by atoms with E-state index in [4.69, 9.17) is 5.73 Å². The minimum atomic E-state index is 0.807. The quantitative estimate of drug-likeness (QED) is 0.219. The summed E-state index contributed by atoms with van der Waals surface area (Å²) in [5.74, 6) is 0. The number of nitrogens with zero attached hydrogens (tertiary/aromatic N) is 2. The van der Waals surface area contributed by atoms with Crippen LogP contribution in [0.2, 0.25) is 0 Å². The van der Waals surface area contributed by atoms with Gasteiger partial charge in [-0.15, -0.1) is 0 Å². The Hall–Kier alpha value is -4.89. The third-order valence-corrected chi connectivity index (χ3v) is 8.47. The van der Waals surface area contributed by atoms with Crippen molar-refractivity contribution < 1.29 is 0 Å². The van der Waals surface area contributed by atoms with Gasteiger partial charge in [-0.2, -0.15) is 0 Å². The summed E-state index contributed by atoms with van der Waals surface area (Å²) < 4.78 is 2.47. The van der Waals surface area contributed by atoms with Crippen molar-refractivity contribution in [3.8, 4) is 28.1 Å². The van der Waals surface area contributed by atoms with Crippen molar-refractivity contribution in [3.05, 3.63) is 143 Å². The molecule has 0 radical (unpaired) electrons. The van der Waals surface area contributed by atoms with E-state index < -0.39 is 0 Å². The Bertz CT molecular complexity index is 1880. The number of nitrogens with two attached hydrogens (primary N) is 1. The van der Waals surface area contributed by atoms with Gasteiger partial charge in [-0.25, -0.2) is 0 Å². The zero-order valence-electron chi connectivity index (χ0n) is 23.3. The number of benzene rings is 4. The summed E-state index contributed by atoms with van der Waals surface area (Å²) >= 11 is 0. The molecule has 0 fully saturated rings. The molecular formula is C38H33N3. The van der Waals surface area contributed by atoms with Crippen molar-refractivity contribution in [3.63, 3.8) is 0 Å². The van der Waals surface area contributed by atoms with Gasteiger partial charge in [0.25, 0.3) is 0 Å². The maximum Gasteiger partial charge on any atom is 0.0603 e. The van der Waals surface area contributed by atoms with Crippen molar-refractivity contribution in [2.45, 2.75) is 26.2 Å². The van der Waals surface area contributed by atoms with E-state index in [1.807, 2.05) is 12.3 Å². The van der Waals surface area contributed by atoms with Gasteiger partial charge in [0.2, 0.25) is 0 Å². The number of rotatable bonds is 6. The van der Waals surface area contributed by atoms with Crippen LogP contribution < -0.4 is 5.73 Å². The van der Waals surface area contributed by atoms with Crippen LogP contribution in [0.5, 0.6) is 0 Å². The van der Waals surface area contributed by atoms with E-state index in [0.29, 0.717) is 0 Å². The monoisotopic (exact) mass is 531 g/mol. The fourth-order valence-corrected chi connectivity index (χ4v) is 6.35. The lowest BCUT2D eigenvalue weighted by Gasteiger charge is -2.21. The van der Waals surface area contributed by atoms with Gasteiger partial charge in [-0.05, 0) is 101 Å². The van der Waals surface area contributed by atoms with Crippen LogP contribution in [0.4, 0.5) is 0 Å². The average molecular weight is 532 g/mol. The highest BCUT2D eigenvalue weighted by molar-refractivity contribution is 5.97. The molecule has 0 amide bonds. The number of hydrogen-bond donors (Lipinski definition) is 1. The first-order chi connectivity index (χ1) is 20.2. The lowest BCUT2D eigenvalue weighted by Crippen LogP contribution is -2.07. The lowest BCUT2D eigenvalue weighted by molar-refractivity contribution is 0.934. The topological polar surface area (TPSA) is 43.3 Å². The maximum absolute atomic E-state index is 5.93. The van der Waals surface area contributed by atoms with Crippen molar-refractivity contribution in [1.29, 1.82) is 0 Å². The molecule has 1 aliphatic heterocycles. The molecule has 7 rings (SSSR count). The maximum atomic E-state index is 5.93. The zero-order chi connectivity index (χ0) is 27.8. The highest BCUT2D eigenvalue weighted by Gasteiger charge is 2.26. The summed E-state index contributed by atoms with van der Waals surface area (Å²) in [4.78, 5) is 4.43. The highest BCUT2D eigenvalue weighted by Crippen LogP contribution is 2.43. The van der Waals surface area contributed by atoms with Crippen LogP contribution in [0.1, 0.15) is 30.0 Å². The number of para-hydroxylation sites is 1. The third-order valence-electron chi connectivity index (χ3n) is 8.47. The standard InChI is InChI=1S/C38H33N3/c1-26-24-40-25-32(26)13-12-28(20-21-39)30-15-18-35-36-19-16-31-22-29(27-8-4-2-5-9-27)14-17-34(31)38(36)41(37(35)23-30)33-10-6-3-7-11-33/h2-12,14-15,17-18,20-23,25H,13,16,19,24,39H2,1H3/b21-20-,28-12+. The molecule has 2 aliphatic rings. The van der Waals surface area contributed by atoms with Gasteiger partial charge in [-0.3, -0.25) is 4.99 Å². The molecule has 1 aromatic heterocycles. The number of aliphatic imine (C=N–C) groups is 1. The predicted molar refractivity (Wildman–Crippen MR) is 174 cm³/mol. The number of aryl methyl sites for hydroxylation is 2. The summed E-state index contributed by atoms with van der Waals surface area (Å²) in [6.45, 7) is 2.97. The molecule has 0 saturated carbocycles. The van der Waals surface area contributed by atoms with Crippen LogP contribution >= 0.6 is 0 Å². The van der Waals surface area contributed by atoms with Crippen LogP contribution in [0.3, 0.4) is 0 Å². The van der Waals surface area contributed by atoms with Gasteiger partial charge in [0.1, 0.15) is 0 Å². The van der Waals surface area contributed by atoms with Gasteiger partial charge in [0.05, 0.1) is 17.8 Å². The molecule has 0 unspecified atom stereocenters. The summed E-state index contributed by atoms with van der Waals surface area (Å²) in [7, 11) is 0. The second-order valence-electron chi connectivity index (χ2n) is 11.0. The van der Waals surface area contributed by atoms with Gasteiger partial charge in [0, 0.05) is 22.9 Å². The largest absolute Gasteiger partial charge is 0.405 e. The van der Waals surface area contributed by atoms with Crippen molar-refractivity contribution in [2.75, 3.05) is 6.54 Å². The van der Waals surface area contributed by atoms with Crippen LogP contribution in [0.25, 0.3) is 44.5 Å². The molecule has 200 valence electrons. The smallest absolute Gasteiger partial charge is 0.0603 e. The first-order valence-corrected chi connectivity index (χ1v) is 14.4. The van der Waals surface area contributed by atoms with Crippen LogP contribution in [0, 0.1) is 0 Å². The molecule has 5 aromatic rings.